The molecule has 37 heavy (non-hydrogen) atoms. The van der Waals surface area contributed by atoms with Crippen molar-refractivity contribution in [2.24, 2.45) is 0 Å². The zero-order valence-corrected chi connectivity index (χ0v) is 20.7. The number of hydrogen-bond donors (Lipinski definition) is 1. The molecule has 1 atom stereocenters. The summed E-state index contributed by atoms with van der Waals surface area (Å²) in [6.07, 6.45) is 0.0721. The Bertz CT molecular complexity index is 1520. The van der Waals surface area contributed by atoms with E-state index in [1.807, 2.05) is 48.5 Å². The fraction of sp³-hybridized carbons (Fsp3) is 0.103. The van der Waals surface area contributed by atoms with Crippen molar-refractivity contribution in [2.75, 3.05) is 17.3 Å². The second-order valence-electron chi connectivity index (χ2n) is 8.46. The molecule has 3 amide bonds. The zero-order valence-electron chi connectivity index (χ0n) is 19.8. The Balaban J connectivity index is 1.23. The van der Waals surface area contributed by atoms with Crippen molar-refractivity contribution < 1.29 is 23.9 Å². The van der Waals surface area contributed by atoms with Crippen LogP contribution in [0.1, 0.15) is 27.1 Å². The molecule has 5 rings (SSSR count). The number of esters is 1. The van der Waals surface area contributed by atoms with E-state index in [0.29, 0.717) is 22.5 Å². The smallest absolute Gasteiger partial charge is 0.337 e. The standard InChI is InChI=1S/C29H22N2O5S/c1-36-29(35)19-8-12-23(13-9-19)31-26(32)17-25(28(31)34)37-24-14-10-22(11-15-24)30-27(33)21-7-6-18-4-2-3-5-20(18)16-21/h2-16,25H,17H2,1H3,(H,30,33). The highest BCUT2D eigenvalue weighted by Crippen LogP contribution is 2.34. The lowest BCUT2D eigenvalue weighted by molar-refractivity contribution is -0.121. The van der Waals surface area contributed by atoms with Crippen molar-refractivity contribution in [3.8, 4) is 0 Å². The second-order valence-corrected chi connectivity index (χ2v) is 9.73. The van der Waals surface area contributed by atoms with Crippen LogP contribution in [-0.4, -0.2) is 36.1 Å². The van der Waals surface area contributed by atoms with Gasteiger partial charge in [-0.1, -0.05) is 30.3 Å². The molecule has 4 aromatic rings. The molecule has 0 bridgehead atoms. The Morgan fingerprint density at radius 2 is 1.54 bits per heavy atom. The molecule has 4 aromatic carbocycles. The number of carbonyl (C=O) groups excluding carboxylic acids is 4. The highest BCUT2D eigenvalue weighted by atomic mass is 32.2. The largest absolute Gasteiger partial charge is 0.465 e. The lowest BCUT2D eigenvalue weighted by Crippen LogP contribution is -2.31. The number of thioether (sulfide) groups is 1. The van der Waals surface area contributed by atoms with E-state index in [1.165, 1.54) is 31.0 Å². The molecular weight excluding hydrogens is 488 g/mol. The van der Waals surface area contributed by atoms with E-state index in [2.05, 4.69) is 10.1 Å². The predicted molar refractivity (Wildman–Crippen MR) is 143 cm³/mol. The topological polar surface area (TPSA) is 92.8 Å². The summed E-state index contributed by atoms with van der Waals surface area (Å²) in [5, 5.41) is 4.39. The maximum Gasteiger partial charge on any atom is 0.337 e. The lowest BCUT2D eigenvalue weighted by Gasteiger charge is -2.15. The predicted octanol–water partition coefficient (Wildman–Crippen LogP) is 5.30. The summed E-state index contributed by atoms with van der Waals surface area (Å²) in [7, 11) is 1.29. The van der Waals surface area contributed by atoms with Gasteiger partial charge in [-0.15, -0.1) is 11.8 Å². The first-order valence-corrected chi connectivity index (χ1v) is 12.4. The maximum absolute atomic E-state index is 13.0. The van der Waals surface area contributed by atoms with Gasteiger partial charge in [-0.05, 0) is 71.4 Å². The molecule has 0 radical (unpaired) electrons. The van der Waals surface area contributed by atoms with Gasteiger partial charge in [0.25, 0.3) is 5.91 Å². The number of amides is 3. The van der Waals surface area contributed by atoms with Crippen LogP contribution in [0.25, 0.3) is 10.8 Å². The molecule has 7 nitrogen and oxygen atoms in total. The molecule has 184 valence electrons. The van der Waals surface area contributed by atoms with Crippen molar-refractivity contribution in [3.05, 3.63) is 102 Å². The van der Waals surface area contributed by atoms with Gasteiger partial charge in [0, 0.05) is 22.6 Å². The Labute approximate surface area is 217 Å². The van der Waals surface area contributed by atoms with E-state index in [-0.39, 0.29) is 24.1 Å². The molecule has 0 saturated carbocycles. The van der Waals surface area contributed by atoms with Gasteiger partial charge in [-0.2, -0.15) is 0 Å². The van der Waals surface area contributed by atoms with Crippen LogP contribution >= 0.6 is 11.8 Å². The first kappa shape index (κ1) is 24.3. The van der Waals surface area contributed by atoms with Gasteiger partial charge in [0.05, 0.1) is 23.6 Å². The van der Waals surface area contributed by atoms with Gasteiger partial charge in [-0.3, -0.25) is 14.4 Å². The Hall–Kier alpha value is -4.43. The van der Waals surface area contributed by atoms with E-state index in [9.17, 15) is 19.2 Å². The van der Waals surface area contributed by atoms with E-state index in [0.717, 1.165) is 20.6 Å². The van der Waals surface area contributed by atoms with E-state index >= 15 is 0 Å². The van der Waals surface area contributed by atoms with Crippen LogP contribution in [0.2, 0.25) is 0 Å². The fourth-order valence-electron chi connectivity index (χ4n) is 4.15. The highest BCUT2D eigenvalue weighted by Gasteiger charge is 2.40. The molecule has 0 spiro atoms. The summed E-state index contributed by atoms with van der Waals surface area (Å²) in [5.74, 6) is -1.31. The Kier molecular flexibility index (Phi) is 6.74. The molecule has 1 unspecified atom stereocenters. The molecule has 1 aliphatic heterocycles. The van der Waals surface area contributed by atoms with Crippen LogP contribution in [0.4, 0.5) is 11.4 Å². The quantitative estimate of drug-likeness (QED) is 0.279. The molecule has 0 aromatic heterocycles. The third kappa shape index (κ3) is 5.10. The molecule has 0 aliphatic carbocycles. The molecule has 1 heterocycles. The number of anilines is 2. The first-order valence-electron chi connectivity index (χ1n) is 11.5. The van der Waals surface area contributed by atoms with Crippen molar-refractivity contribution in [1.82, 2.24) is 0 Å². The number of methoxy groups -OCH3 is 1. The number of nitrogens with zero attached hydrogens (tertiary/aromatic N) is 1. The normalized spacial score (nSPS) is 15.2. The zero-order chi connectivity index (χ0) is 25.9. The van der Waals surface area contributed by atoms with Gasteiger partial charge < -0.3 is 10.1 Å². The summed E-state index contributed by atoms with van der Waals surface area (Å²) in [4.78, 5) is 51.9. The Morgan fingerprint density at radius 3 is 2.24 bits per heavy atom. The van der Waals surface area contributed by atoms with Gasteiger partial charge in [0.15, 0.2) is 0 Å². The molecule has 8 heteroatoms. The minimum atomic E-state index is -0.564. The van der Waals surface area contributed by atoms with Crippen LogP contribution in [0.5, 0.6) is 0 Å². The van der Waals surface area contributed by atoms with Crippen LogP contribution in [0.15, 0.2) is 95.9 Å². The summed E-state index contributed by atoms with van der Waals surface area (Å²) in [6, 6.07) is 26.7. The number of fused-ring (bicyclic) bond motifs is 1. The average molecular weight is 511 g/mol. The number of imide groups is 1. The third-order valence-corrected chi connectivity index (χ3v) is 7.25. The first-order chi connectivity index (χ1) is 17.9. The molecule has 1 N–H and O–H groups in total. The van der Waals surface area contributed by atoms with Gasteiger partial charge >= 0.3 is 5.97 Å². The maximum atomic E-state index is 13.0. The van der Waals surface area contributed by atoms with Crippen molar-refractivity contribution in [2.45, 2.75) is 16.6 Å². The van der Waals surface area contributed by atoms with Gasteiger partial charge in [-0.25, -0.2) is 9.69 Å². The third-order valence-electron chi connectivity index (χ3n) is 6.05. The van der Waals surface area contributed by atoms with Gasteiger partial charge in [0.2, 0.25) is 11.8 Å². The molecule has 1 fully saturated rings. The number of benzene rings is 4. The van der Waals surface area contributed by atoms with Crippen LogP contribution < -0.4 is 10.2 Å². The van der Waals surface area contributed by atoms with Crippen LogP contribution in [0.3, 0.4) is 0 Å². The second kappa shape index (κ2) is 10.3. The number of ether oxygens (including phenoxy) is 1. The van der Waals surface area contributed by atoms with Gasteiger partial charge in [0.1, 0.15) is 0 Å². The number of carbonyl (C=O) groups is 4. The SMILES string of the molecule is COC(=O)c1ccc(N2C(=O)CC(Sc3ccc(NC(=O)c4ccc5ccccc5c4)cc3)C2=O)cc1. The van der Waals surface area contributed by atoms with E-state index in [4.69, 9.17) is 0 Å². The molecule has 1 aliphatic rings. The number of rotatable bonds is 6. The summed E-state index contributed by atoms with van der Waals surface area (Å²) >= 11 is 1.30. The monoisotopic (exact) mass is 510 g/mol. The van der Waals surface area contributed by atoms with Crippen LogP contribution in [-0.2, 0) is 14.3 Å². The summed E-state index contributed by atoms with van der Waals surface area (Å²) in [5.41, 5.74) is 1.94. The number of nitrogens with one attached hydrogen (secondary N) is 1. The van der Waals surface area contributed by atoms with Crippen molar-refractivity contribution in [1.29, 1.82) is 0 Å². The average Bonchev–Trinajstić information content (AvgIpc) is 3.21. The minimum absolute atomic E-state index is 0.0721. The van der Waals surface area contributed by atoms with E-state index < -0.39 is 11.2 Å². The molecular formula is C29H22N2O5S. The van der Waals surface area contributed by atoms with Crippen molar-refractivity contribution in [3.63, 3.8) is 0 Å². The van der Waals surface area contributed by atoms with Crippen LogP contribution in [0, 0.1) is 0 Å². The highest BCUT2D eigenvalue weighted by molar-refractivity contribution is 8.00. The van der Waals surface area contributed by atoms with E-state index in [1.54, 1.807) is 30.3 Å². The summed E-state index contributed by atoms with van der Waals surface area (Å²) < 4.78 is 4.68. The summed E-state index contributed by atoms with van der Waals surface area (Å²) in [6.45, 7) is 0. The molecule has 1 saturated heterocycles. The Morgan fingerprint density at radius 1 is 0.865 bits per heavy atom. The van der Waals surface area contributed by atoms with Crippen molar-refractivity contribution >= 4 is 57.6 Å². The minimum Gasteiger partial charge on any atom is -0.465 e. The number of hydrogen-bond acceptors (Lipinski definition) is 6. The lowest BCUT2D eigenvalue weighted by atomic mass is 10.1. The fourth-order valence-corrected chi connectivity index (χ4v) is 5.20.